The maximum atomic E-state index is 14.0. The normalized spacial score (nSPS) is 14.6. The van der Waals surface area contributed by atoms with Gasteiger partial charge in [0.15, 0.2) is 5.60 Å². The molecular formula is C37H40N2O13S-4. The molecule has 4 rings (SSSR count). The molecule has 1 aliphatic heterocycles. The number of carboxylic acids is 4. The Balaban J connectivity index is 2.20. The van der Waals surface area contributed by atoms with Gasteiger partial charge in [0.1, 0.15) is 16.4 Å². The van der Waals surface area contributed by atoms with E-state index >= 15 is 0 Å². The minimum atomic E-state index is -4.55. The van der Waals surface area contributed by atoms with Gasteiger partial charge < -0.3 is 49.8 Å². The number of aliphatic carboxylic acids is 4. The second-order valence-corrected chi connectivity index (χ2v) is 15.2. The summed E-state index contributed by atoms with van der Waals surface area (Å²) in [5, 5.41) is 69.7. The second kappa shape index (κ2) is 15.5. The highest BCUT2D eigenvalue weighted by molar-refractivity contribution is 7.87. The van der Waals surface area contributed by atoms with Crippen molar-refractivity contribution >= 4 is 34.0 Å². The topological polar surface area (TPSA) is 251 Å². The van der Waals surface area contributed by atoms with Crippen LogP contribution in [0.15, 0.2) is 41.3 Å². The fraction of sp³-hybridized carbons (Fsp3) is 0.405. The van der Waals surface area contributed by atoms with E-state index < -0.39 is 90.7 Å². The molecule has 0 radical (unpaired) electrons. The van der Waals surface area contributed by atoms with Gasteiger partial charge in [-0.1, -0.05) is 45.9 Å². The lowest BCUT2D eigenvalue weighted by Gasteiger charge is -2.36. The number of fused-ring (bicyclic) bond motifs is 1. The van der Waals surface area contributed by atoms with E-state index in [9.17, 15) is 58.2 Å². The van der Waals surface area contributed by atoms with Gasteiger partial charge in [0.25, 0.3) is 10.1 Å². The van der Waals surface area contributed by atoms with Gasteiger partial charge in [-0.25, -0.2) is 4.18 Å². The molecule has 0 bridgehead atoms. The lowest BCUT2D eigenvalue weighted by molar-refractivity contribution is -0.313. The summed E-state index contributed by atoms with van der Waals surface area (Å²) >= 11 is 0. The number of carbonyl (C=O) groups is 4. The Hall–Kier alpha value is -5.03. The summed E-state index contributed by atoms with van der Waals surface area (Å²) in [5.74, 6) is -7.84. The van der Waals surface area contributed by atoms with E-state index in [1.165, 1.54) is 32.0 Å². The molecule has 0 atom stereocenters. The first-order chi connectivity index (χ1) is 24.6. The first kappa shape index (κ1) is 40.7. The lowest BCUT2D eigenvalue weighted by atomic mass is 9.73. The van der Waals surface area contributed by atoms with Crippen LogP contribution in [0.2, 0.25) is 0 Å². The summed E-state index contributed by atoms with van der Waals surface area (Å²) in [5.41, 5.74) is -0.521. The zero-order chi connectivity index (χ0) is 39.7. The van der Waals surface area contributed by atoms with Crippen molar-refractivity contribution in [1.29, 1.82) is 0 Å². The van der Waals surface area contributed by atoms with Crippen LogP contribution in [-0.2, 0) is 52.2 Å². The Labute approximate surface area is 306 Å². The van der Waals surface area contributed by atoms with Crippen molar-refractivity contribution in [2.24, 2.45) is 0 Å². The molecule has 3 aromatic carbocycles. The van der Waals surface area contributed by atoms with Crippen LogP contribution in [0.25, 0.3) is 0 Å². The van der Waals surface area contributed by atoms with Crippen molar-refractivity contribution in [2.75, 3.05) is 26.2 Å². The van der Waals surface area contributed by atoms with E-state index in [0.717, 1.165) is 9.80 Å². The van der Waals surface area contributed by atoms with Gasteiger partial charge in [-0.05, 0) is 77.3 Å². The van der Waals surface area contributed by atoms with E-state index in [-0.39, 0.29) is 66.5 Å². The average molecular weight is 753 g/mol. The van der Waals surface area contributed by atoms with Crippen LogP contribution in [-0.4, -0.2) is 78.5 Å². The average Bonchev–Trinajstić information content (AvgIpc) is 3.27. The third-order valence-corrected chi connectivity index (χ3v) is 10.7. The number of carboxylic acid groups (broad SMARTS) is 4. The fourth-order valence-corrected chi connectivity index (χ4v) is 8.37. The number of carbonyl (C=O) groups excluding carboxylic acids is 4. The molecule has 1 heterocycles. The molecule has 0 aliphatic carbocycles. The van der Waals surface area contributed by atoms with Crippen LogP contribution < -0.4 is 20.4 Å². The quantitative estimate of drug-likeness (QED) is 0.159. The Morgan fingerprint density at radius 2 is 1.04 bits per heavy atom. The van der Waals surface area contributed by atoms with Crippen molar-refractivity contribution in [3.63, 3.8) is 0 Å². The summed E-state index contributed by atoms with van der Waals surface area (Å²) in [7, 11) is -4.55. The van der Waals surface area contributed by atoms with Gasteiger partial charge in [-0.15, -0.1) is 0 Å². The number of phenols is 2. The highest BCUT2D eigenvalue weighted by atomic mass is 32.2. The first-order valence-corrected chi connectivity index (χ1v) is 18.0. The number of aromatic hydroxyl groups is 2. The van der Waals surface area contributed by atoms with Crippen molar-refractivity contribution in [3.05, 3.63) is 86.5 Å². The molecule has 0 saturated carbocycles. The standard InChI is InChI=1S/C37H44N2O13S/c1-19(2)23-11-28(21(5)25(35(23)48)13-38(15-31(40)41)16-32(42)43)37(27-9-7-8-10-30(27)53(50,51)52-37)29-12-24(20(3)4)36(49)26(22(29)6)14-39(17-33(44)45)18-34(46)47/h7-12,19-20,48-49H,13-18H2,1-6H3,(H,40,41)(H,42,43)(H,44,45)(H,46,47)/p-4. The highest BCUT2D eigenvalue weighted by Gasteiger charge is 2.53. The van der Waals surface area contributed by atoms with Crippen LogP contribution in [0.3, 0.4) is 0 Å². The highest BCUT2D eigenvalue weighted by Crippen LogP contribution is 2.55. The summed E-state index contributed by atoms with van der Waals surface area (Å²) in [6.07, 6.45) is 0. The number of hydrogen-bond acceptors (Lipinski definition) is 15. The third-order valence-electron chi connectivity index (χ3n) is 9.38. The molecular weight excluding hydrogens is 712 g/mol. The lowest BCUT2D eigenvalue weighted by Crippen LogP contribution is -2.44. The zero-order valence-electron chi connectivity index (χ0n) is 30.0. The molecule has 53 heavy (non-hydrogen) atoms. The SMILES string of the molecule is Cc1c(C2(c3cc(C(C)C)c(O)c(CN(CC(=O)[O-])CC(=O)[O-])c3C)OS(=O)(=O)c3ccccc32)cc(C(C)C)c(O)c1CN(CC(=O)[O-])CC(=O)[O-]. The molecule has 0 saturated heterocycles. The largest absolute Gasteiger partial charge is 0.549 e. The van der Waals surface area contributed by atoms with Crippen LogP contribution >= 0.6 is 0 Å². The second-order valence-electron chi connectivity index (χ2n) is 13.7. The van der Waals surface area contributed by atoms with Gasteiger partial charge >= 0.3 is 0 Å². The number of benzene rings is 3. The Bertz CT molecular complexity index is 1940. The maximum Gasteiger partial charge on any atom is 0.298 e. The maximum absolute atomic E-state index is 14.0. The summed E-state index contributed by atoms with van der Waals surface area (Å²) in [6, 6.07) is 9.05. The van der Waals surface area contributed by atoms with Gasteiger partial charge in [-0.2, -0.15) is 8.42 Å². The Morgan fingerprint density at radius 3 is 1.38 bits per heavy atom. The fourth-order valence-electron chi connectivity index (χ4n) is 6.96. The molecule has 16 heteroatoms. The van der Waals surface area contributed by atoms with Crippen molar-refractivity contribution in [3.8, 4) is 11.5 Å². The Morgan fingerprint density at radius 1 is 0.679 bits per heavy atom. The minimum absolute atomic E-state index is 0.0632. The van der Waals surface area contributed by atoms with E-state index in [4.69, 9.17) is 4.18 Å². The summed E-state index contributed by atoms with van der Waals surface area (Å²) < 4.78 is 34.2. The minimum Gasteiger partial charge on any atom is -0.549 e. The number of hydrogen-bond donors (Lipinski definition) is 2. The van der Waals surface area contributed by atoms with Crippen LogP contribution in [0.4, 0.5) is 0 Å². The predicted molar refractivity (Wildman–Crippen MR) is 179 cm³/mol. The van der Waals surface area contributed by atoms with Crippen molar-refractivity contribution in [2.45, 2.75) is 77.0 Å². The molecule has 0 spiro atoms. The molecule has 2 N–H and O–H groups in total. The molecule has 0 amide bonds. The molecule has 0 unspecified atom stereocenters. The number of rotatable bonds is 16. The van der Waals surface area contributed by atoms with Gasteiger partial charge in [-0.3, -0.25) is 9.80 Å². The molecule has 1 aliphatic rings. The molecule has 3 aromatic rings. The number of phenolic OH excluding ortho intramolecular Hbond substituents is 2. The van der Waals surface area contributed by atoms with Gasteiger partial charge in [0, 0.05) is 56.0 Å². The molecule has 0 fully saturated rings. The van der Waals surface area contributed by atoms with Gasteiger partial charge in [0.2, 0.25) is 0 Å². The van der Waals surface area contributed by atoms with Crippen molar-refractivity contribution < 1.29 is 62.4 Å². The van der Waals surface area contributed by atoms with E-state index in [1.807, 2.05) is 0 Å². The monoisotopic (exact) mass is 752 g/mol. The van der Waals surface area contributed by atoms with Crippen LogP contribution in [0.1, 0.15) is 89.6 Å². The van der Waals surface area contributed by atoms with Crippen LogP contribution in [0.5, 0.6) is 11.5 Å². The van der Waals surface area contributed by atoms with E-state index in [2.05, 4.69) is 0 Å². The van der Waals surface area contributed by atoms with E-state index in [1.54, 1.807) is 45.9 Å². The smallest absolute Gasteiger partial charge is 0.298 e. The molecule has 286 valence electrons. The zero-order valence-corrected chi connectivity index (χ0v) is 30.9. The summed E-state index contributed by atoms with van der Waals surface area (Å²) in [4.78, 5) is 48.2. The predicted octanol–water partition coefficient (Wildman–Crippen LogP) is -1.42. The Kier molecular flexibility index (Phi) is 11.9. The van der Waals surface area contributed by atoms with Crippen molar-refractivity contribution in [1.82, 2.24) is 9.80 Å². The van der Waals surface area contributed by atoms with Crippen LogP contribution in [0, 0.1) is 13.8 Å². The number of nitrogens with zero attached hydrogens (tertiary/aromatic N) is 2. The van der Waals surface area contributed by atoms with E-state index in [0.29, 0.717) is 0 Å². The van der Waals surface area contributed by atoms with Gasteiger partial charge in [0.05, 0.1) is 23.9 Å². The summed E-state index contributed by atoms with van der Waals surface area (Å²) in [6.45, 7) is 5.76. The first-order valence-electron chi connectivity index (χ1n) is 16.6. The third kappa shape index (κ3) is 8.15. The molecule has 0 aromatic heterocycles. The molecule has 15 nitrogen and oxygen atoms in total.